The van der Waals surface area contributed by atoms with Crippen LogP contribution < -0.4 is 9.62 Å². The summed E-state index contributed by atoms with van der Waals surface area (Å²) >= 11 is 7.04. The van der Waals surface area contributed by atoms with Crippen molar-refractivity contribution in [1.82, 2.24) is 5.32 Å². The van der Waals surface area contributed by atoms with E-state index in [1.54, 1.807) is 41.8 Å². The predicted octanol–water partition coefficient (Wildman–Crippen LogP) is 4.59. The van der Waals surface area contributed by atoms with Crippen LogP contribution in [0.1, 0.15) is 22.3 Å². The quantitative estimate of drug-likeness (QED) is 0.512. The molecule has 0 fully saturated rings. The van der Waals surface area contributed by atoms with Crippen LogP contribution in [0.25, 0.3) is 0 Å². The average Bonchev–Trinajstić information content (AvgIpc) is 3.28. The van der Waals surface area contributed by atoms with Crippen molar-refractivity contribution in [1.29, 1.82) is 0 Å². The number of benzene rings is 2. The Balaban J connectivity index is 1.54. The van der Waals surface area contributed by atoms with E-state index in [4.69, 9.17) is 11.6 Å². The normalized spacial score (nSPS) is 11.2. The number of carbonyl (C=O) groups is 1. The maximum absolute atomic E-state index is 12.6. The number of halogens is 1. The van der Waals surface area contributed by atoms with E-state index in [0.717, 1.165) is 12.8 Å². The molecule has 0 aliphatic carbocycles. The van der Waals surface area contributed by atoms with Gasteiger partial charge in [-0.05, 0) is 66.2 Å². The van der Waals surface area contributed by atoms with E-state index in [-0.39, 0.29) is 10.1 Å². The lowest BCUT2D eigenvalue weighted by Gasteiger charge is -2.18. The lowest BCUT2D eigenvalue weighted by atomic mass is 10.1. The van der Waals surface area contributed by atoms with Gasteiger partial charge in [0.05, 0.1) is 5.69 Å². The van der Waals surface area contributed by atoms with Crippen LogP contribution in [0, 0.1) is 0 Å². The van der Waals surface area contributed by atoms with Gasteiger partial charge in [-0.1, -0.05) is 29.8 Å². The van der Waals surface area contributed by atoms with Gasteiger partial charge in [-0.3, -0.25) is 9.10 Å². The number of amides is 1. The Labute approximate surface area is 180 Å². The minimum Gasteiger partial charge on any atom is -0.352 e. The first kappa shape index (κ1) is 21.4. The minimum absolute atomic E-state index is 0.184. The molecule has 0 unspecified atom stereocenters. The summed E-state index contributed by atoms with van der Waals surface area (Å²) in [5, 5.41) is 5.32. The minimum atomic E-state index is -3.59. The van der Waals surface area contributed by atoms with Crippen molar-refractivity contribution in [3.8, 4) is 0 Å². The topological polar surface area (TPSA) is 66.5 Å². The maximum Gasteiger partial charge on any atom is 0.273 e. The highest BCUT2D eigenvalue weighted by atomic mass is 35.5. The number of hydrogen-bond acceptors (Lipinski definition) is 4. The summed E-state index contributed by atoms with van der Waals surface area (Å²) in [6.07, 6.45) is 1.66. The Morgan fingerprint density at radius 3 is 2.38 bits per heavy atom. The van der Waals surface area contributed by atoms with Gasteiger partial charge < -0.3 is 5.32 Å². The van der Waals surface area contributed by atoms with E-state index < -0.39 is 10.0 Å². The van der Waals surface area contributed by atoms with Crippen LogP contribution in [-0.2, 0) is 16.4 Å². The molecule has 1 aromatic heterocycles. The highest BCUT2D eigenvalue weighted by Crippen LogP contribution is 2.25. The molecule has 5 nitrogen and oxygen atoms in total. The number of thiophene rings is 1. The van der Waals surface area contributed by atoms with Gasteiger partial charge in [-0.15, -0.1) is 11.3 Å². The molecular weight excluding hydrogens is 428 g/mol. The highest BCUT2D eigenvalue weighted by Gasteiger charge is 2.22. The van der Waals surface area contributed by atoms with Gasteiger partial charge in [0, 0.05) is 24.2 Å². The summed E-state index contributed by atoms with van der Waals surface area (Å²) in [4.78, 5) is 12.3. The van der Waals surface area contributed by atoms with Crippen molar-refractivity contribution in [3.63, 3.8) is 0 Å². The zero-order valence-corrected chi connectivity index (χ0v) is 18.2. The molecule has 3 aromatic rings. The van der Waals surface area contributed by atoms with Crippen LogP contribution in [0.5, 0.6) is 0 Å². The molecule has 1 N–H and O–H groups in total. The number of aryl methyl sites for hydroxylation is 1. The Hall–Kier alpha value is -2.35. The number of rotatable bonds is 8. The third-order valence-corrected chi connectivity index (χ3v) is 7.85. The molecular formula is C21H21ClN2O3S2. The summed E-state index contributed by atoms with van der Waals surface area (Å²) in [6, 6.07) is 17.5. The number of nitrogens with one attached hydrogen (secondary N) is 1. The van der Waals surface area contributed by atoms with Crippen molar-refractivity contribution in [2.24, 2.45) is 0 Å². The molecule has 0 aliphatic heterocycles. The van der Waals surface area contributed by atoms with Crippen molar-refractivity contribution in [2.45, 2.75) is 17.1 Å². The second-order valence-corrected chi connectivity index (χ2v) is 10.0. The molecule has 0 radical (unpaired) electrons. The molecule has 1 amide bonds. The fraction of sp³-hybridized carbons (Fsp3) is 0.190. The first-order chi connectivity index (χ1) is 13.9. The second kappa shape index (κ2) is 9.43. The van der Waals surface area contributed by atoms with E-state index in [1.165, 1.54) is 28.3 Å². The summed E-state index contributed by atoms with van der Waals surface area (Å²) in [7, 11) is -2.08. The molecule has 0 bridgehead atoms. The summed E-state index contributed by atoms with van der Waals surface area (Å²) in [6.45, 7) is 0.551. The SMILES string of the molecule is CN(c1ccc(C(=O)NCCCc2ccc(Cl)cc2)cc1)S(=O)(=O)c1cccs1. The monoisotopic (exact) mass is 448 g/mol. The molecule has 2 aromatic carbocycles. The van der Waals surface area contributed by atoms with Crippen molar-refractivity contribution >= 4 is 44.6 Å². The van der Waals surface area contributed by atoms with Gasteiger partial charge in [-0.2, -0.15) is 0 Å². The van der Waals surface area contributed by atoms with Gasteiger partial charge in [-0.25, -0.2) is 8.42 Å². The largest absolute Gasteiger partial charge is 0.352 e. The Morgan fingerprint density at radius 2 is 1.76 bits per heavy atom. The van der Waals surface area contributed by atoms with E-state index in [1.807, 2.05) is 24.3 Å². The van der Waals surface area contributed by atoms with Crippen molar-refractivity contribution in [2.75, 3.05) is 17.9 Å². The molecule has 0 saturated carbocycles. The Bertz CT molecular complexity index is 1050. The average molecular weight is 449 g/mol. The van der Waals surface area contributed by atoms with Gasteiger partial charge >= 0.3 is 0 Å². The molecule has 0 aliphatic rings. The molecule has 3 rings (SSSR count). The third kappa shape index (κ3) is 5.38. The van der Waals surface area contributed by atoms with Crippen LogP contribution in [0.4, 0.5) is 5.69 Å². The number of nitrogens with zero attached hydrogens (tertiary/aromatic N) is 1. The Morgan fingerprint density at radius 1 is 1.07 bits per heavy atom. The Kier molecular flexibility index (Phi) is 6.95. The fourth-order valence-electron chi connectivity index (χ4n) is 2.75. The number of carbonyl (C=O) groups excluding carboxylic acids is 1. The smallest absolute Gasteiger partial charge is 0.273 e. The number of anilines is 1. The van der Waals surface area contributed by atoms with Crippen LogP contribution in [-0.4, -0.2) is 27.9 Å². The first-order valence-corrected chi connectivity index (χ1v) is 11.7. The van der Waals surface area contributed by atoms with Crippen molar-refractivity contribution < 1.29 is 13.2 Å². The summed E-state index contributed by atoms with van der Waals surface area (Å²) in [5.41, 5.74) is 2.16. The van der Waals surface area contributed by atoms with E-state index >= 15 is 0 Å². The van der Waals surface area contributed by atoms with Crippen molar-refractivity contribution in [3.05, 3.63) is 82.2 Å². The molecule has 0 atom stereocenters. The highest BCUT2D eigenvalue weighted by molar-refractivity contribution is 7.94. The van der Waals surface area contributed by atoms with Gasteiger partial charge in [0.2, 0.25) is 0 Å². The lowest BCUT2D eigenvalue weighted by Crippen LogP contribution is -2.26. The molecule has 152 valence electrons. The van der Waals surface area contributed by atoms with Crippen LogP contribution >= 0.6 is 22.9 Å². The van der Waals surface area contributed by atoms with Crippen LogP contribution in [0.3, 0.4) is 0 Å². The van der Waals surface area contributed by atoms with Crippen LogP contribution in [0.15, 0.2) is 70.3 Å². The zero-order valence-electron chi connectivity index (χ0n) is 15.8. The standard InChI is InChI=1S/C21H21ClN2O3S2/c1-24(29(26,27)20-5-3-15-28-20)19-12-8-17(9-13-19)21(25)23-14-2-4-16-6-10-18(22)11-7-16/h3,5-13,15H,2,4,14H2,1H3,(H,23,25). The van der Waals surface area contributed by atoms with Crippen LogP contribution in [0.2, 0.25) is 5.02 Å². The third-order valence-electron chi connectivity index (χ3n) is 4.44. The zero-order chi connectivity index (χ0) is 20.9. The second-order valence-electron chi connectivity index (χ2n) is 6.44. The maximum atomic E-state index is 12.6. The number of sulfonamides is 1. The fourth-order valence-corrected chi connectivity index (χ4v) is 5.24. The molecule has 0 spiro atoms. The first-order valence-electron chi connectivity index (χ1n) is 9.03. The van der Waals surface area contributed by atoms with E-state index in [9.17, 15) is 13.2 Å². The summed E-state index contributed by atoms with van der Waals surface area (Å²) in [5.74, 6) is -0.184. The van der Waals surface area contributed by atoms with E-state index in [0.29, 0.717) is 22.8 Å². The number of hydrogen-bond donors (Lipinski definition) is 1. The lowest BCUT2D eigenvalue weighted by molar-refractivity contribution is 0.0953. The molecule has 29 heavy (non-hydrogen) atoms. The van der Waals surface area contributed by atoms with E-state index in [2.05, 4.69) is 5.32 Å². The molecule has 0 saturated heterocycles. The molecule has 1 heterocycles. The van der Waals surface area contributed by atoms with Gasteiger partial charge in [0.25, 0.3) is 15.9 Å². The predicted molar refractivity (Wildman–Crippen MR) is 118 cm³/mol. The molecule has 8 heteroatoms. The summed E-state index contributed by atoms with van der Waals surface area (Å²) < 4.78 is 26.6. The van der Waals surface area contributed by atoms with Gasteiger partial charge in [0.15, 0.2) is 0 Å². The van der Waals surface area contributed by atoms with Gasteiger partial charge in [0.1, 0.15) is 4.21 Å².